The number of primary amides is 1. The first-order valence-electron chi connectivity index (χ1n) is 10.9. The molecule has 0 spiro atoms. The van der Waals surface area contributed by atoms with Gasteiger partial charge in [-0.2, -0.15) is 0 Å². The standard InChI is InChI=1S/C21H35N7O.HI/c1-2-23-21(25-10-6-12-26-11-5-7-18(17-26)20(22)29)28-15-13-27(14-16-28)19-8-3-4-9-24-19;/h3-4,8-9,18H,2,5-7,10-17H2,1H3,(H2,22,29)(H,23,25);1H. The van der Waals surface area contributed by atoms with E-state index in [0.29, 0.717) is 0 Å². The molecule has 0 saturated carbocycles. The van der Waals surface area contributed by atoms with Crippen molar-refractivity contribution in [2.75, 3.05) is 63.8 Å². The number of piperidine rings is 1. The van der Waals surface area contributed by atoms with E-state index in [-0.39, 0.29) is 35.8 Å². The minimum absolute atomic E-state index is 0. The fourth-order valence-electron chi connectivity index (χ4n) is 4.08. The normalized spacial score (nSPS) is 20.6. The highest BCUT2D eigenvalue weighted by Gasteiger charge is 2.23. The van der Waals surface area contributed by atoms with E-state index in [1.807, 2.05) is 18.3 Å². The number of aliphatic imine (C=N–C) groups is 1. The number of nitrogens with one attached hydrogen (secondary N) is 1. The Morgan fingerprint density at radius 3 is 2.73 bits per heavy atom. The van der Waals surface area contributed by atoms with E-state index in [2.05, 4.69) is 38.0 Å². The lowest BCUT2D eigenvalue weighted by Crippen LogP contribution is -2.52. The predicted octanol–water partition coefficient (Wildman–Crippen LogP) is 1.37. The van der Waals surface area contributed by atoms with Gasteiger partial charge < -0.3 is 25.8 Å². The molecule has 168 valence electrons. The van der Waals surface area contributed by atoms with Crippen LogP contribution >= 0.6 is 24.0 Å². The summed E-state index contributed by atoms with van der Waals surface area (Å²) in [6, 6.07) is 6.06. The van der Waals surface area contributed by atoms with E-state index >= 15 is 0 Å². The van der Waals surface area contributed by atoms with Gasteiger partial charge in [0.2, 0.25) is 5.91 Å². The van der Waals surface area contributed by atoms with E-state index in [9.17, 15) is 4.79 Å². The maximum Gasteiger partial charge on any atom is 0.221 e. The molecule has 30 heavy (non-hydrogen) atoms. The molecule has 3 heterocycles. The Labute approximate surface area is 197 Å². The Balaban J connectivity index is 0.00000320. The van der Waals surface area contributed by atoms with Crippen LogP contribution in [0.5, 0.6) is 0 Å². The lowest BCUT2D eigenvalue weighted by Gasteiger charge is -2.37. The summed E-state index contributed by atoms with van der Waals surface area (Å²) in [4.78, 5) is 27.8. The highest BCUT2D eigenvalue weighted by atomic mass is 127. The van der Waals surface area contributed by atoms with Crippen LogP contribution in [-0.2, 0) is 4.79 Å². The third kappa shape index (κ3) is 7.26. The number of halogens is 1. The Hall–Kier alpha value is -1.62. The molecule has 0 bridgehead atoms. The fraction of sp³-hybridized carbons (Fsp3) is 0.667. The first-order valence-corrected chi connectivity index (χ1v) is 10.9. The van der Waals surface area contributed by atoms with Crippen molar-refractivity contribution in [2.24, 2.45) is 16.6 Å². The average molecular weight is 529 g/mol. The van der Waals surface area contributed by atoms with E-state index in [1.165, 1.54) is 0 Å². The molecule has 0 radical (unpaired) electrons. The molecule has 1 aromatic heterocycles. The summed E-state index contributed by atoms with van der Waals surface area (Å²) < 4.78 is 0. The summed E-state index contributed by atoms with van der Waals surface area (Å²) in [6.45, 7) is 10.4. The summed E-state index contributed by atoms with van der Waals surface area (Å²) in [6.07, 6.45) is 4.83. The van der Waals surface area contributed by atoms with Crippen LogP contribution in [-0.4, -0.2) is 85.6 Å². The lowest BCUT2D eigenvalue weighted by molar-refractivity contribution is -0.123. The number of aromatic nitrogens is 1. The maximum atomic E-state index is 11.4. The fourth-order valence-corrected chi connectivity index (χ4v) is 4.08. The third-order valence-electron chi connectivity index (χ3n) is 5.69. The molecule has 2 fully saturated rings. The molecule has 0 aromatic carbocycles. The molecule has 1 aromatic rings. The van der Waals surface area contributed by atoms with Crippen LogP contribution in [0, 0.1) is 5.92 Å². The zero-order valence-electron chi connectivity index (χ0n) is 18.0. The Kier molecular flexibility index (Phi) is 10.6. The van der Waals surface area contributed by atoms with Gasteiger partial charge in [0, 0.05) is 52.0 Å². The average Bonchev–Trinajstić information content (AvgIpc) is 2.77. The van der Waals surface area contributed by atoms with Gasteiger partial charge in [-0.3, -0.25) is 9.79 Å². The molecule has 2 aliphatic heterocycles. The molecule has 8 nitrogen and oxygen atoms in total. The smallest absolute Gasteiger partial charge is 0.221 e. The van der Waals surface area contributed by atoms with Crippen molar-refractivity contribution in [3.8, 4) is 0 Å². The zero-order valence-corrected chi connectivity index (χ0v) is 20.3. The van der Waals surface area contributed by atoms with E-state index < -0.39 is 0 Å². The summed E-state index contributed by atoms with van der Waals surface area (Å²) in [5.74, 6) is 1.90. The molecule has 2 saturated heterocycles. The van der Waals surface area contributed by atoms with Crippen LogP contribution in [0.4, 0.5) is 5.82 Å². The molecular weight excluding hydrogens is 493 g/mol. The van der Waals surface area contributed by atoms with Crippen molar-refractivity contribution in [1.82, 2.24) is 20.1 Å². The van der Waals surface area contributed by atoms with Crippen molar-refractivity contribution in [3.63, 3.8) is 0 Å². The SMILES string of the molecule is CCNC(=NCCCN1CCCC(C(N)=O)C1)N1CCN(c2ccccn2)CC1.I. The van der Waals surface area contributed by atoms with Crippen LogP contribution in [0.1, 0.15) is 26.2 Å². The third-order valence-corrected chi connectivity index (χ3v) is 5.69. The van der Waals surface area contributed by atoms with Gasteiger partial charge in [-0.05, 0) is 51.4 Å². The monoisotopic (exact) mass is 529 g/mol. The van der Waals surface area contributed by atoms with Crippen molar-refractivity contribution in [1.29, 1.82) is 0 Å². The largest absolute Gasteiger partial charge is 0.369 e. The summed E-state index contributed by atoms with van der Waals surface area (Å²) in [5.41, 5.74) is 5.48. The number of piperazine rings is 1. The summed E-state index contributed by atoms with van der Waals surface area (Å²) >= 11 is 0. The lowest BCUT2D eigenvalue weighted by atomic mass is 9.97. The van der Waals surface area contributed by atoms with Gasteiger partial charge in [-0.1, -0.05) is 6.07 Å². The second kappa shape index (κ2) is 12.9. The predicted molar refractivity (Wildman–Crippen MR) is 132 cm³/mol. The molecule has 9 heteroatoms. The Bertz CT molecular complexity index is 665. The first kappa shape index (κ1) is 24.6. The number of hydrogen-bond donors (Lipinski definition) is 2. The number of carbonyl (C=O) groups excluding carboxylic acids is 1. The number of pyridine rings is 1. The van der Waals surface area contributed by atoms with Gasteiger partial charge in [0.1, 0.15) is 5.82 Å². The van der Waals surface area contributed by atoms with Crippen LogP contribution in [0.3, 0.4) is 0 Å². The number of rotatable bonds is 7. The number of nitrogens with zero attached hydrogens (tertiary/aromatic N) is 5. The second-order valence-electron chi connectivity index (χ2n) is 7.79. The van der Waals surface area contributed by atoms with Crippen molar-refractivity contribution >= 4 is 41.7 Å². The van der Waals surface area contributed by atoms with Gasteiger partial charge in [0.15, 0.2) is 5.96 Å². The summed E-state index contributed by atoms with van der Waals surface area (Å²) in [7, 11) is 0. The highest BCUT2D eigenvalue weighted by Crippen LogP contribution is 2.16. The molecule has 0 aliphatic carbocycles. The molecular formula is C21H36IN7O. The van der Waals surface area contributed by atoms with Gasteiger partial charge in [0.05, 0.1) is 5.92 Å². The highest BCUT2D eigenvalue weighted by molar-refractivity contribution is 14.0. The van der Waals surface area contributed by atoms with Gasteiger partial charge in [-0.25, -0.2) is 4.98 Å². The number of nitrogens with two attached hydrogens (primary N) is 1. The zero-order chi connectivity index (χ0) is 20.5. The first-order chi connectivity index (χ1) is 14.2. The van der Waals surface area contributed by atoms with Crippen molar-refractivity contribution < 1.29 is 4.79 Å². The number of amides is 1. The van der Waals surface area contributed by atoms with Crippen molar-refractivity contribution in [3.05, 3.63) is 24.4 Å². The quantitative estimate of drug-likeness (QED) is 0.240. The molecule has 2 aliphatic rings. The number of guanidine groups is 1. The minimum Gasteiger partial charge on any atom is -0.369 e. The molecule has 1 unspecified atom stereocenters. The number of hydrogen-bond acceptors (Lipinski definition) is 5. The molecule has 3 N–H and O–H groups in total. The van der Waals surface area contributed by atoms with Gasteiger partial charge in [0.25, 0.3) is 0 Å². The van der Waals surface area contributed by atoms with E-state index in [1.54, 1.807) is 0 Å². The van der Waals surface area contributed by atoms with Crippen LogP contribution in [0.15, 0.2) is 29.4 Å². The van der Waals surface area contributed by atoms with Crippen LogP contribution in [0.25, 0.3) is 0 Å². The Morgan fingerprint density at radius 2 is 2.07 bits per heavy atom. The number of likely N-dealkylation sites (tertiary alicyclic amines) is 1. The van der Waals surface area contributed by atoms with E-state index in [4.69, 9.17) is 10.7 Å². The number of anilines is 1. The number of carbonyl (C=O) groups is 1. The topological polar surface area (TPSA) is 90.1 Å². The van der Waals surface area contributed by atoms with Crippen molar-refractivity contribution in [2.45, 2.75) is 26.2 Å². The van der Waals surface area contributed by atoms with Gasteiger partial charge in [-0.15, -0.1) is 24.0 Å². The van der Waals surface area contributed by atoms with Gasteiger partial charge >= 0.3 is 0 Å². The van der Waals surface area contributed by atoms with Crippen LogP contribution in [0.2, 0.25) is 0 Å². The second-order valence-corrected chi connectivity index (χ2v) is 7.79. The Morgan fingerprint density at radius 1 is 1.27 bits per heavy atom. The maximum absolute atomic E-state index is 11.4. The minimum atomic E-state index is -0.160. The molecule has 3 rings (SSSR count). The van der Waals surface area contributed by atoms with E-state index in [0.717, 1.165) is 89.9 Å². The molecule has 1 amide bonds. The molecule has 1 atom stereocenters. The van der Waals surface area contributed by atoms with Crippen LogP contribution < -0.4 is 16.0 Å². The summed E-state index contributed by atoms with van der Waals surface area (Å²) in [5, 5.41) is 3.43.